The number of fused-ring (bicyclic) bond motifs is 6. The SMILES string of the molecule is C1=CC(N(C2=CCCC=C2)c2ccc3c(c2)C2(CCCCC2)c2cc(/C=C/c4ccc5cc(-c6cc(-c7ccccc7)c(-c7ccccc7)c(-c7ccccc7)c6-c6ccccc6)ccc5c4)ccc2-3)=CCC1. The number of hydrogen-bond donors (Lipinski definition) is 0. The fraction of sp³-hybridized carbons (Fsp3) is 0.139. The van der Waals surface area contributed by atoms with Crippen molar-refractivity contribution < 1.29 is 0 Å². The maximum absolute atomic E-state index is 2.57. The normalized spacial score (nSPS) is 15.6. The van der Waals surface area contributed by atoms with E-state index in [0.29, 0.717) is 0 Å². The summed E-state index contributed by atoms with van der Waals surface area (Å²) in [4.78, 5) is 2.51. The molecule has 4 aliphatic carbocycles. The van der Waals surface area contributed by atoms with E-state index in [0.717, 1.165) is 25.7 Å². The third-order valence-electron chi connectivity index (χ3n) is 16.0. The Balaban J connectivity index is 0.870. The van der Waals surface area contributed by atoms with Gasteiger partial charge in [-0.1, -0.05) is 226 Å². The first-order valence-electron chi connectivity index (χ1n) is 26.7. The number of hydrogen-bond acceptors (Lipinski definition) is 1. The van der Waals surface area contributed by atoms with Crippen molar-refractivity contribution >= 4 is 28.6 Å². The van der Waals surface area contributed by atoms with E-state index in [1.165, 1.54) is 149 Å². The third-order valence-corrected chi connectivity index (χ3v) is 16.0. The molecule has 13 rings (SSSR count). The maximum atomic E-state index is 2.57. The lowest BCUT2D eigenvalue weighted by Gasteiger charge is -2.37. The van der Waals surface area contributed by atoms with Crippen LogP contribution in [0.25, 0.3) is 89.7 Å². The van der Waals surface area contributed by atoms with Crippen LogP contribution in [0.2, 0.25) is 0 Å². The van der Waals surface area contributed by atoms with E-state index < -0.39 is 0 Å². The Kier molecular flexibility index (Phi) is 11.9. The van der Waals surface area contributed by atoms with E-state index in [-0.39, 0.29) is 5.41 Å². The van der Waals surface area contributed by atoms with Gasteiger partial charge in [-0.3, -0.25) is 0 Å². The summed E-state index contributed by atoms with van der Waals surface area (Å²) in [7, 11) is 0. The molecule has 0 bridgehead atoms. The Morgan fingerprint density at radius 3 is 1.44 bits per heavy atom. The molecule has 4 aliphatic rings. The van der Waals surface area contributed by atoms with Crippen LogP contribution in [0.1, 0.15) is 80.0 Å². The zero-order valence-electron chi connectivity index (χ0n) is 41.5. The summed E-state index contributed by atoms with van der Waals surface area (Å²) in [6.45, 7) is 0. The predicted molar refractivity (Wildman–Crippen MR) is 311 cm³/mol. The second-order valence-corrected chi connectivity index (χ2v) is 20.4. The van der Waals surface area contributed by atoms with Crippen LogP contribution in [0.3, 0.4) is 0 Å². The van der Waals surface area contributed by atoms with Crippen molar-refractivity contribution in [1.82, 2.24) is 0 Å². The molecule has 1 spiro atoms. The second kappa shape index (κ2) is 19.4. The molecule has 0 saturated heterocycles. The molecule has 9 aromatic carbocycles. The van der Waals surface area contributed by atoms with Crippen molar-refractivity contribution in [2.24, 2.45) is 0 Å². The highest BCUT2D eigenvalue weighted by Gasteiger charge is 2.44. The summed E-state index contributed by atoms with van der Waals surface area (Å²) in [5, 5.41) is 2.45. The maximum Gasteiger partial charge on any atom is 0.0464 e. The van der Waals surface area contributed by atoms with E-state index in [2.05, 4.69) is 254 Å². The van der Waals surface area contributed by atoms with Crippen LogP contribution in [-0.2, 0) is 5.41 Å². The zero-order valence-corrected chi connectivity index (χ0v) is 41.5. The van der Waals surface area contributed by atoms with Crippen LogP contribution < -0.4 is 4.90 Å². The molecular formula is C72H59N. The van der Waals surface area contributed by atoms with Crippen molar-refractivity contribution in [1.29, 1.82) is 0 Å². The van der Waals surface area contributed by atoms with Gasteiger partial charge in [-0.25, -0.2) is 0 Å². The smallest absolute Gasteiger partial charge is 0.0464 e. The molecule has 1 fully saturated rings. The van der Waals surface area contributed by atoms with Gasteiger partial charge in [0, 0.05) is 22.5 Å². The van der Waals surface area contributed by atoms with E-state index in [1.807, 2.05) is 0 Å². The first-order chi connectivity index (χ1) is 36.2. The molecule has 0 unspecified atom stereocenters. The van der Waals surface area contributed by atoms with Gasteiger partial charge in [0.25, 0.3) is 0 Å². The van der Waals surface area contributed by atoms with Crippen molar-refractivity contribution in [2.75, 3.05) is 4.90 Å². The van der Waals surface area contributed by atoms with Crippen molar-refractivity contribution in [2.45, 2.75) is 63.2 Å². The van der Waals surface area contributed by atoms with Crippen LogP contribution in [0, 0.1) is 0 Å². The first kappa shape index (κ1) is 44.7. The number of benzene rings is 9. The Labute approximate surface area is 431 Å². The molecule has 1 saturated carbocycles. The molecule has 1 heteroatoms. The van der Waals surface area contributed by atoms with Crippen LogP contribution in [0.15, 0.2) is 248 Å². The first-order valence-corrected chi connectivity index (χ1v) is 26.7. The molecule has 0 aromatic heterocycles. The predicted octanol–water partition coefficient (Wildman–Crippen LogP) is 19.9. The minimum absolute atomic E-state index is 0.0363. The van der Waals surface area contributed by atoms with Gasteiger partial charge in [0.05, 0.1) is 0 Å². The highest BCUT2D eigenvalue weighted by Crippen LogP contribution is 2.57. The average molecular weight is 938 g/mol. The Morgan fingerprint density at radius 2 is 0.849 bits per heavy atom. The lowest BCUT2D eigenvalue weighted by atomic mass is 9.67. The number of rotatable bonds is 10. The fourth-order valence-corrected chi connectivity index (χ4v) is 12.6. The van der Waals surface area contributed by atoms with Crippen LogP contribution in [0.4, 0.5) is 5.69 Å². The molecule has 0 radical (unpaired) electrons. The summed E-state index contributed by atoms with van der Waals surface area (Å²) in [5.74, 6) is 0. The summed E-state index contributed by atoms with van der Waals surface area (Å²) >= 11 is 0. The van der Waals surface area contributed by atoms with Crippen molar-refractivity contribution in [3.8, 4) is 66.8 Å². The van der Waals surface area contributed by atoms with Gasteiger partial charge in [0.1, 0.15) is 0 Å². The minimum Gasteiger partial charge on any atom is -0.311 e. The second-order valence-electron chi connectivity index (χ2n) is 20.4. The molecule has 1 nitrogen and oxygen atoms in total. The number of anilines is 1. The largest absolute Gasteiger partial charge is 0.311 e. The van der Waals surface area contributed by atoms with Crippen LogP contribution in [-0.4, -0.2) is 0 Å². The van der Waals surface area contributed by atoms with Crippen molar-refractivity contribution in [3.05, 3.63) is 270 Å². The third kappa shape index (κ3) is 8.33. The molecule has 73 heavy (non-hydrogen) atoms. The Morgan fingerprint density at radius 1 is 0.356 bits per heavy atom. The molecular weight excluding hydrogens is 879 g/mol. The average Bonchev–Trinajstić information content (AvgIpc) is 3.72. The molecule has 0 N–H and O–H groups in total. The summed E-state index contributed by atoms with van der Waals surface area (Å²) in [6, 6.07) is 74.9. The Hall–Kier alpha value is -8.26. The summed E-state index contributed by atoms with van der Waals surface area (Å²) in [6.07, 6.45) is 29.5. The van der Waals surface area contributed by atoms with Gasteiger partial charge < -0.3 is 4.90 Å². The summed E-state index contributed by atoms with van der Waals surface area (Å²) < 4.78 is 0. The van der Waals surface area contributed by atoms with Crippen LogP contribution in [0.5, 0.6) is 0 Å². The number of allylic oxidation sites excluding steroid dienone is 6. The van der Waals surface area contributed by atoms with Gasteiger partial charge in [0.2, 0.25) is 0 Å². The molecule has 9 aromatic rings. The molecule has 0 heterocycles. The van der Waals surface area contributed by atoms with Gasteiger partial charge in [-0.2, -0.15) is 0 Å². The highest BCUT2D eigenvalue weighted by atomic mass is 15.2. The van der Waals surface area contributed by atoms with E-state index in [9.17, 15) is 0 Å². The van der Waals surface area contributed by atoms with E-state index >= 15 is 0 Å². The van der Waals surface area contributed by atoms with Gasteiger partial charge in [-0.15, -0.1) is 0 Å². The Bertz CT molecular complexity index is 3640. The molecule has 352 valence electrons. The zero-order chi connectivity index (χ0) is 48.6. The van der Waals surface area contributed by atoms with Crippen LogP contribution >= 0.6 is 0 Å². The van der Waals surface area contributed by atoms with Gasteiger partial charge >= 0.3 is 0 Å². The minimum atomic E-state index is 0.0363. The topological polar surface area (TPSA) is 3.24 Å². The van der Waals surface area contributed by atoms with Crippen molar-refractivity contribution in [3.63, 3.8) is 0 Å². The van der Waals surface area contributed by atoms with E-state index in [4.69, 9.17) is 0 Å². The highest BCUT2D eigenvalue weighted by molar-refractivity contribution is 6.08. The monoisotopic (exact) mass is 937 g/mol. The lowest BCUT2D eigenvalue weighted by molar-refractivity contribution is 0.353. The molecule has 0 atom stereocenters. The standard InChI is InChI=1S/C72H59N/c1-8-22-53(23-9-1)65-50-66(70(55-26-12-3-13-27-55)71(56-28-14-4-15-29-56)69(65)54-24-10-2-11-25-54)59-40-39-57-46-51(36-38-58(57)48-59)34-35-52-37-42-63-64-43-41-62(49-68(64)72(67(63)47-52)44-20-7-21-45-72)73(60-30-16-5-17-31-60)61-32-18-6-19-33-61/h1-4,8-16,18,22-43,46-50H,5-7,17,19-21,44-45H2/b35-34+. The van der Waals surface area contributed by atoms with Gasteiger partial charge in [-0.05, 0) is 181 Å². The lowest BCUT2D eigenvalue weighted by Crippen LogP contribution is -2.29. The summed E-state index contributed by atoms with van der Waals surface area (Å²) in [5.41, 5.74) is 24.4. The van der Waals surface area contributed by atoms with E-state index in [1.54, 1.807) is 0 Å². The number of nitrogens with zero attached hydrogens (tertiary/aromatic N) is 1. The molecule has 0 amide bonds. The quantitative estimate of drug-likeness (QED) is 0.124. The van der Waals surface area contributed by atoms with Gasteiger partial charge in [0.15, 0.2) is 0 Å². The fourth-order valence-electron chi connectivity index (χ4n) is 12.6. The molecule has 0 aliphatic heterocycles.